The van der Waals surface area contributed by atoms with E-state index in [1.54, 1.807) is 30.4 Å². The highest BCUT2D eigenvalue weighted by molar-refractivity contribution is 7.13. The third-order valence-corrected chi connectivity index (χ3v) is 3.88. The van der Waals surface area contributed by atoms with Crippen LogP contribution in [-0.2, 0) is 11.8 Å². The number of rotatable bonds is 4. The fourth-order valence-electron chi connectivity index (χ4n) is 1.60. The van der Waals surface area contributed by atoms with E-state index < -0.39 is 0 Å². The van der Waals surface area contributed by atoms with Crippen molar-refractivity contribution in [2.24, 2.45) is 7.05 Å². The van der Waals surface area contributed by atoms with Gasteiger partial charge in [-0.05, 0) is 38.1 Å². The number of hydrogen-bond donors (Lipinski definition) is 1. The predicted molar refractivity (Wildman–Crippen MR) is 75.9 cm³/mol. The van der Waals surface area contributed by atoms with Crippen LogP contribution in [-0.4, -0.2) is 12.6 Å². The van der Waals surface area contributed by atoms with Gasteiger partial charge in [0.1, 0.15) is 11.4 Å². The van der Waals surface area contributed by atoms with Gasteiger partial charge in [0.25, 0.3) is 0 Å². The first-order chi connectivity index (χ1) is 9.11. The molecule has 0 aliphatic rings. The fourth-order valence-corrected chi connectivity index (χ4v) is 2.52. The molecule has 4 nitrogen and oxygen atoms in total. The number of hydrogen-bond acceptors (Lipinski definition) is 4. The summed E-state index contributed by atoms with van der Waals surface area (Å²) in [5.41, 5.74) is 2.72. The molecule has 2 aromatic rings. The standard InChI is InChI=1S/C14H16N2O2S.HI/c1-4-18-13(17)11-5-7-12(8-6-11)15-14-16(3)10(2)9-19-14;/h5-9H,4H2,1-3H3;1H. The number of benzene rings is 1. The minimum atomic E-state index is -0.286. The van der Waals surface area contributed by atoms with E-state index in [0.717, 1.165) is 10.8 Å². The molecule has 1 aromatic carbocycles. The van der Waals surface area contributed by atoms with E-state index in [4.69, 9.17) is 4.74 Å². The van der Waals surface area contributed by atoms with E-state index in [-0.39, 0.29) is 29.9 Å². The second kappa shape index (κ2) is 7.58. The Bertz CT molecular complexity index is 581. The number of carbonyl (C=O) groups excluding carboxylic acids is 1. The van der Waals surface area contributed by atoms with E-state index in [9.17, 15) is 4.79 Å². The summed E-state index contributed by atoms with van der Waals surface area (Å²) in [6.07, 6.45) is 0. The van der Waals surface area contributed by atoms with E-state index >= 15 is 0 Å². The van der Waals surface area contributed by atoms with Gasteiger partial charge in [0.15, 0.2) is 0 Å². The normalized spacial score (nSPS) is 9.75. The topological polar surface area (TPSA) is 42.2 Å². The maximum absolute atomic E-state index is 11.5. The van der Waals surface area contributed by atoms with Crippen molar-refractivity contribution in [3.63, 3.8) is 0 Å². The van der Waals surface area contributed by atoms with Crippen molar-refractivity contribution in [1.29, 1.82) is 0 Å². The van der Waals surface area contributed by atoms with Gasteiger partial charge < -0.3 is 28.7 Å². The van der Waals surface area contributed by atoms with Crippen molar-refractivity contribution in [2.75, 3.05) is 11.9 Å². The zero-order chi connectivity index (χ0) is 13.8. The van der Waals surface area contributed by atoms with E-state index in [0.29, 0.717) is 12.2 Å². The van der Waals surface area contributed by atoms with E-state index in [1.165, 1.54) is 5.69 Å². The van der Waals surface area contributed by atoms with Gasteiger partial charge >= 0.3 is 11.1 Å². The number of aryl methyl sites for hydroxylation is 1. The molecule has 108 valence electrons. The van der Waals surface area contributed by atoms with E-state index in [1.807, 2.05) is 19.2 Å². The molecule has 0 bridgehead atoms. The summed E-state index contributed by atoms with van der Waals surface area (Å²) >= 11 is 1.65. The van der Waals surface area contributed by atoms with Crippen LogP contribution in [0.4, 0.5) is 10.8 Å². The largest absolute Gasteiger partial charge is 1.00 e. The Hall–Kier alpha value is -1.15. The summed E-state index contributed by atoms with van der Waals surface area (Å²) in [6.45, 7) is 4.25. The Morgan fingerprint density at radius 3 is 2.50 bits per heavy atom. The smallest absolute Gasteiger partial charge is 0.338 e. The highest BCUT2D eigenvalue weighted by atomic mass is 127. The lowest BCUT2D eigenvalue weighted by Gasteiger charge is -2.02. The average molecular weight is 404 g/mol. The van der Waals surface area contributed by atoms with Crippen LogP contribution in [0.25, 0.3) is 0 Å². The number of thiazole rings is 1. The van der Waals surface area contributed by atoms with Gasteiger partial charge in [-0.1, -0.05) is 11.3 Å². The summed E-state index contributed by atoms with van der Waals surface area (Å²) in [4.78, 5) is 11.5. The first-order valence-electron chi connectivity index (χ1n) is 6.10. The number of nitrogens with one attached hydrogen (secondary N) is 1. The molecule has 0 aliphatic heterocycles. The lowest BCUT2D eigenvalue weighted by Crippen LogP contribution is -3.00. The molecule has 1 heterocycles. The molecule has 20 heavy (non-hydrogen) atoms. The van der Waals surface area contributed by atoms with Gasteiger partial charge in [-0.2, -0.15) is 0 Å². The molecule has 0 radical (unpaired) electrons. The Morgan fingerprint density at radius 1 is 1.35 bits per heavy atom. The molecule has 0 amide bonds. The monoisotopic (exact) mass is 404 g/mol. The highest BCUT2D eigenvalue weighted by Gasteiger charge is 2.12. The molecule has 1 aromatic heterocycles. The summed E-state index contributed by atoms with van der Waals surface area (Å²) in [7, 11) is 2.02. The fraction of sp³-hybridized carbons (Fsp3) is 0.286. The second-order valence-corrected chi connectivity index (χ2v) is 5.02. The first-order valence-corrected chi connectivity index (χ1v) is 6.98. The van der Waals surface area contributed by atoms with Gasteiger partial charge in [0.05, 0.1) is 19.2 Å². The van der Waals surface area contributed by atoms with Crippen LogP contribution in [0, 0.1) is 6.92 Å². The van der Waals surface area contributed by atoms with Crippen molar-refractivity contribution < 1.29 is 38.1 Å². The summed E-state index contributed by atoms with van der Waals surface area (Å²) < 4.78 is 7.03. The predicted octanol–water partition coefficient (Wildman–Crippen LogP) is -0.195. The molecule has 1 N–H and O–H groups in total. The molecule has 0 aliphatic carbocycles. The third-order valence-electron chi connectivity index (χ3n) is 2.82. The SMILES string of the molecule is CCOC(=O)c1ccc(Nc2scc(C)[n+]2C)cc1.[I-]. The number of anilines is 2. The van der Waals surface area contributed by atoms with Crippen molar-refractivity contribution in [1.82, 2.24) is 0 Å². The molecule has 6 heteroatoms. The quantitative estimate of drug-likeness (QED) is 0.437. The maximum atomic E-state index is 11.5. The zero-order valence-corrected chi connectivity index (χ0v) is 14.6. The molecule has 0 saturated carbocycles. The lowest BCUT2D eigenvalue weighted by molar-refractivity contribution is -0.658. The molecule has 0 atom stereocenters. The van der Waals surface area contributed by atoms with Gasteiger partial charge in [0.2, 0.25) is 0 Å². The van der Waals surface area contributed by atoms with Crippen LogP contribution in [0.2, 0.25) is 0 Å². The molecule has 0 spiro atoms. The zero-order valence-electron chi connectivity index (χ0n) is 11.6. The lowest BCUT2D eigenvalue weighted by atomic mass is 10.2. The minimum absolute atomic E-state index is 0. The van der Waals surface area contributed by atoms with Crippen molar-refractivity contribution in [3.05, 3.63) is 40.9 Å². The average Bonchev–Trinajstić information content (AvgIpc) is 2.72. The van der Waals surface area contributed by atoms with Gasteiger partial charge in [0, 0.05) is 5.38 Å². The molecule has 0 unspecified atom stereocenters. The Morgan fingerprint density at radius 2 is 2.00 bits per heavy atom. The summed E-state index contributed by atoms with van der Waals surface area (Å²) in [5, 5.41) is 6.47. The van der Waals surface area contributed by atoms with Gasteiger partial charge in [-0.25, -0.2) is 14.7 Å². The maximum Gasteiger partial charge on any atom is 0.338 e. The van der Waals surface area contributed by atoms with Gasteiger partial charge in [-0.3, -0.25) is 0 Å². The number of carbonyl (C=O) groups is 1. The minimum Gasteiger partial charge on any atom is -1.00 e. The number of halogens is 1. The van der Waals surface area contributed by atoms with Crippen LogP contribution in [0.1, 0.15) is 23.0 Å². The molecule has 0 saturated heterocycles. The van der Waals surface area contributed by atoms with Crippen LogP contribution >= 0.6 is 11.3 Å². The van der Waals surface area contributed by atoms with Gasteiger partial charge in [-0.15, -0.1) is 0 Å². The number of aromatic nitrogens is 1. The Balaban J connectivity index is 0.00000200. The van der Waals surface area contributed by atoms with Crippen LogP contribution in [0.15, 0.2) is 29.6 Å². The van der Waals surface area contributed by atoms with Crippen LogP contribution in [0.5, 0.6) is 0 Å². The first kappa shape index (κ1) is 16.9. The van der Waals surface area contributed by atoms with Crippen molar-refractivity contribution >= 4 is 28.1 Å². The van der Waals surface area contributed by atoms with Crippen molar-refractivity contribution in [2.45, 2.75) is 13.8 Å². The number of ether oxygens (including phenoxy) is 1. The van der Waals surface area contributed by atoms with E-state index in [2.05, 4.69) is 22.2 Å². The molecule has 2 rings (SSSR count). The molecule has 0 fully saturated rings. The molecular weight excluding hydrogens is 387 g/mol. The van der Waals surface area contributed by atoms with Crippen molar-refractivity contribution in [3.8, 4) is 0 Å². The number of nitrogens with zero attached hydrogens (tertiary/aromatic N) is 1. The number of esters is 1. The Kier molecular flexibility index (Phi) is 6.41. The molecular formula is C14H17IN2O2S. The second-order valence-electron chi connectivity index (χ2n) is 4.16. The third kappa shape index (κ3) is 3.92. The van der Waals surface area contributed by atoms with Crippen LogP contribution in [0.3, 0.4) is 0 Å². The van der Waals surface area contributed by atoms with Crippen LogP contribution < -0.4 is 33.9 Å². The summed E-state index contributed by atoms with van der Waals surface area (Å²) in [6, 6.07) is 7.28. The Labute approximate surface area is 139 Å². The highest BCUT2D eigenvalue weighted by Crippen LogP contribution is 2.19. The summed E-state index contributed by atoms with van der Waals surface area (Å²) in [5.74, 6) is -0.286.